The third-order valence-corrected chi connectivity index (χ3v) is 3.09. The van der Waals surface area contributed by atoms with Crippen LogP contribution in [0.1, 0.15) is 11.4 Å². The number of aromatic nitrogens is 1. The maximum absolute atomic E-state index is 10.8. The fourth-order valence-corrected chi connectivity index (χ4v) is 2.15. The van der Waals surface area contributed by atoms with Gasteiger partial charge in [0, 0.05) is 31.9 Å². The summed E-state index contributed by atoms with van der Waals surface area (Å²) >= 11 is 0. The number of hydrogen-bond donors (Lipinski definition) is 1. The van der Waals surface area contributed by atoms with Crippen LogP contribution >= 0.6 is 0 Å². The summed E-state index contributed by atoms with van der Waals surface area (Å²) in [5.41, 5.74) is 3.13. The highest BCUT2D eigenvalue weighted by atomic mass is 16.4. The molecule has 1 aliphatic heterocycles. The van der Waals surface area contributed by atoms with Gasteiger partial charge in [0.05, 0.1) is 11.4 Å². The molecule has 1 aliphatic rings. The van der Waals surface area contributed by atoms with Crippen LogP contribution in [0.2, 0.25) is 0 Å². The van der Waals surface area contributed by atoms with Crippen LogP contribution in [0.25, 0.3) is 0 Å². The third-order valence-electron chi connectivity index (χ3n) is 3.09. The highest BCUT2D eigenvalue weighted by molar-refractivity contribution is 5.65. The first kappa shape index (κ1) is 11.7. The van der Waals surface area contributed by atoms with Crippen molar-refractivity contribution in [1.82, 2.24) is 9.88 Å². The predicted octanol–water partition coefficient (Wildman–Crippen LogP) is 1.50. The summed E-state index contributed by atoms with van der Waals surface area (Å²) in [6.45, 7) is 6.55. The monoisotopic (exact) mass is 235 g/mol. The first-order chi connectivity index (χ1) is 8.08. The summed E-state index contributed by atoms with van der Waals surface area (Å²) in [6.07, 6.45) is -0.830. The van der Waals surface area contributed by atoms with Gasteiger partial charge in [-0.15, -0.1) is 0 Å². The fourth-order valence-electron chi connectivity index (χ4n) is 2.15. The zero-order valence-electron chi connectivity index (χ0n) is 10.2. The molecule has 1 saturated heterocycles. The summed E-state index contributed by atoms with van der Waals surface area (Å²) in [7, 11) is 0. The van der Waals surface area contributed by atoms with E-state index >= 15 is 0 Å². The van der Waals surface area contributed by atoms with Crippen molar-refractivity contribution in [2.45, 2.75) is 13.8 Å². The summed E-state index contributed by atoms with van der Waals surface area (Å²) in [5, 5.41) is 8.88. The SMILES string of the molecule is Cc1ccc(N2CCN(C(=O)O)CC2)c(C)n1. The normalized spacial score (nSPS) is 16.1. The molecule has 1 fully saturated rings. The lowest BCUT2D eigenvalue weighted by Gasteiger charge is -2.35. The molecule has 0 radical (unpaired) electrons. The van der Waals surface area contributed by atoms with Crippen LogP contribution in [-0.2, 0) is 0 Å². The van der Waals surface area contributed by atoms with E-state index in [0.29, 0.717) is 13.1 Å². The van der Waals surface area contributed by atoms with E-state index in [-0.39, 0.29) is 0 Å². The Morgan fingerprint density at radius 2 is 1.88 bits per heavy atom. The quantitative estimate of drug-likeness (QED) is 0.801. The Morgan fingerprint density at radius 3 is 2.41 bits per heavy atom. The number of hydrogen-bond acceptors (Lipinski definition) is 3. The van der Waals surface area contributed by atoms with Gasteiger partial charge in [0.2, 0.25) is 0 Å². The molecular weight excluding hydrogens is 218 g/mol. The minimum absolute atomic E-state index is 0.558. The van der Waals surface area contributed by atoms with Gasteiger partial charge >= 0.3 is 6.09 Å². The summed E-state index contributed by atoms with van der Waals surface area (Å²) in [5.74, 6) is 0. The number of carboxylic acid groups (broad SMARTS) is 1. The van der Waals surface area contributed by atoms with E-state index in [2.05, 4.69) is 16.0 Å². The fraction of sp³-hybridized carbons (Fsp3) is 0.500. The minimum atomic E-state index is -0.830. The lowest BCUT2D eigenvalue weighted by atomic mass is 10.2. The zero-order valence-corrected chi connectivity index (χ0v) is 10.2. The Hall–Kier alpha value is -1.78. The highest BCUT2D eigenvalue weighted by Gasteiger charge is 2.21. The van der Waals surface area contributed by atoms with Crippen LogP contribution in [-0.4, -0.2) is 47.3 Å². The second kappa shape index (κ2) is 4.61. The lowest BCUT2D eigenvalue weighted by molar-refractivity contribution is 0.142. The van der Waals surface area contributed by atoms with Gasteiger partial charge in [-0.2, -0.15) is 0 Å². The van der Waals surface area contributed by atoms with Crippen LogP contribution in [0.4, 0.5) is 10.5 Å². The Labute approximate surface area is 101 Å². The molecule has 0 bridgehead atoms. The Bertz CT molecular complexity index is 426. The Morgan fingerprint density at radius 1 is 1.24 bits per heavy atom. The Kier molecular flexibility index (Phi) is 3.17. The number of carbonyl (C=O) groups is 1. The predicted molar refractivity (Wildman–Crippen MR) is 65.5 cm³/mol. The first-order valence-corrected chi connectivity index (χ1v) is 5.75. The molecule has 17 heavy (non-hydrogen) atoms. The van der Waals surface area contributed by atoms with Gasteiger partial charge in [-0.05, 0) is 26.0 Å². The molecule has 0 saturated carbocycles. The van der Waals surface area contributed by atoms with E-state index in [9.17, 15) is 4.79 Å². The smallest absolute Gasteiger partial charge is 0.407 e. The third kappa shape index (κ3) is 2.49. The van der Waals surface area contributed by atoms with Gasteiger partial charge in [-0.1, -0.05) is 0 Å². The molecule has 0 unspecified atom stereocenters. The number of amides is 1. The van der Waals surface area contributed by atoms with Gasteiger partial charge in [0.25, 0.3) is 0 Å². The van der Waals surface area contributed by atoms with E-state index in [0.717, 1.165) is 30.2 Å². The van der Waals surface area contributed by atoms with Crippen molar-refractivity contribution in [2.24, 2.45) is 0 Å². The molecule has 1 N–H and O–H groups in total. The molecule has 0 aliphatic carbocycles. The molecule has 0 atom stereocenters. The van der Waals surface area contributed by atoms with Crippen molar-refractivity contribution in [3.63, 3.8) is 0 Å². The van der Waals surface area contributed by atoms with Crippen LogP contribution < -0.4 is 4.90 Å². The molecular formula is C12H17N3O2. The van der Waals surface area contributed by atoms with Crippen molar-refractivity contribution < 1.29 is 9.90 Å². The highest BCUT2D eigenvalue weighted by Crippen LogP contribution is 2.20. The molecule has 2 rings (SSSR count). The van der Waals surface area contributed by atoms with Gasteiger partial charge < -0.3 is 14.9 Å². The second-order valence-corrected chi connectivity index (χ2v) is 4.31. The lowest BCUT2D eigenvalue weighted by Crippen LogP contribution is -2.48. The van der Waals surface area contributed by atoms with Crippen molar-refractivity contribution >= 4 is 11.8 Å². The molecule has 1 aromatic rings. The molecule has 1 aromatic heterocycles. The number of anilines is 1. The van der Waals surface area contributed by atoms with Crippen molar-refractivity contribution in [2.75, 3.05) is 31.1 Å². The largest absolute Gasteiger partial charge is 0.465 e. The van der Waals surface area contributed by atoms with E-state index in [1.54, 1.807) is 0 Å². The zero-order chi connectivity index (χ0) is 12.4. The summed E-state index contributed by atoms with van der Waals surface area (Å²) in [6, 6.07) is 4.06. The molecule has 5 heteroatoms. The standard InChI is InChI=1S/C12H17N3O2/c1-9-3-4-11(10(2)13-9)14-5-7-15(8-6-14)12(16)17/h3-4H,5-8H2,1-2H3,(H,16,17). The van der Waals surface area contributed by atoms with Crippen LogP contribution in [0.5, 0.6) is 0 Å². The van der Waals surface area contributed by atoms with Gasteiger partial charge in [0.15, 0.2) is 0 Å². The van der Waals surface area contributed by atoms with Gasteiger partial charge in [-0.25, -0.2) is 4.79 Å². The number of aryl methyl sites for hydroxylation is 2. The van der Waals surface area contributed by atoms with Crippen molar-refractivity contribution in [1.29, 1.82) is 0 Å². The van der Waals surface area contributed by atoms with E-state index in [4.69, 9.17) is 5.11 Å². The number of nitrogens with zero attached hydrogens (tertiary/aromatic N) is 3. The van der Waals surface area contributed by atoms with Gasteiger partial charge in [-0.3, -0.25) is 4.98 Å². The second-order valence-electron chi connectivity index (χ2n) is 4.31. The van der Waals surface area contributed by atoms with E-state index < -0.39 is 6.09 Å². The topological polar surface area (TPSA) is 56.7 Å². The van der Waals surface area contributed by atoms with Gasteiger partial charge in [0.1, 0.15) is 0 Å². The van der Waals surface area contributed by atoms with E-state index in [1.807, 2.05) is 19.9 Å². The Balaban J connectivity index is 2.08. The van der Waals surface area contributed by atoms with E-state index in [1.165, 1.54) is 4.90 Å². The molecule has 0 spiro atoms. The number of pyridine rings is 1. The van der Waals surface area contributed by atoms with Crippen LogP contribution in [0.3, 0.4) is 0 Å². The maximum Gasteiger partial charge on any atom is 0.407 e. The molecule has 0 aromatic carbocycles. The minimum Gasteiger partial charge on any atom is -0.465 e. The maximum atomic E-state index is 10.8. The molecule has 92 valence electrons. The number of piperazine rings is 1. The molecule has 1 amide bonds. The van der Waals surface area contributed by atoms with Crippen molar-refractivity contribution in [3.05, 3.63) is 23.5 Å². The van der Waals surface area contributed by atoms with Crippen LogP contribution in [0.15, 0.2) is 12.1 Å². The van der Waals surface area contributed by atoms with Crippen molar-refractivity contribution in [3.8, 4) is 0 Å². The summed E-state index contributed by atoms with van der Waals surface area (Å²) < 4.78 is 0. The number of rotatable bonds is 1. The molecule has 2 heterocycles. The first-order valence-electron chi connectivity index (χ1n) is 5.75. The molecule has 5 nitrogen and oxygen atoms in total. The average molecular weight is 235 g/mol. The van der Waals surface area contributed by atoms with Crippen LogP contribution in [0, 0.1) is 13.8 Å². The average Bonchev–Trinajstić information content (AvgIpc) is 2.29. The summed E-state index contributed by atoms with van der Waals surface area (Å²) in [4.78, 5) is 18.9.